The average molecular weight is 361 g/mol. The summed E-state index contributed by atoms with van der Waals surface area (Å²) in [5, 5.41) is 15.0. The van der Waals surface area contributed by atoms with Crippen LogP contribution in [0.15, 0.2) is 24.3 Å². The summed E-state index contributed by atoms with van der Waals surface area (Å²) < 4.78 is 39.1. The number of nitrogens with zero attached hydrogens (tertiary/aromatic N) is 2. The van der Waals surface area contributed by atoms with Crippen molar-refractivity contribution < 1.29 is 18.3 Å². The highest BCUT2D eigenvalue weighted by Gasteiger charge is 2.34. The molecule has 0 aliphatic carbocycles. The van der Waals surface area contributed by atoms with E-state index in [1.165, 1.54) is 18.2 Å². The molecule has 0 fully saturated rings. The van der Waals surface area contributed by atoms with Crippen molar-refractivity contribution in [2.45, 2.75) is 32.5 Å². The van der Waals surface area contributed by atoms with Crippen molar-refractivity contribution in [2.75, 3.05) is 10.6 Å². The highest BCUT2D eigenvalue weighted by molar-refractivity contribution is 6.33. The first-order chi connectivity index (χ1) is 11.2. The van der Waals surface area contributed by atoms with Gasteiger partial charge >= 0.3 is 6.18 Å². The Morgan fingerprint density at radius 1 is 1.25 bits per heavy atom. The Morgan fingerprint density at radius 2 is 1.96 bits per heavy atom. The van der Waals surface area contributed by atoms with Gasteiger partial charge in [0.05, 0.1) is 10.7 Å². The summed E-state index contributed by atoms with van der Waals surface area (Å²) in [6.07, 6.45) is -3.91. The smallest absolute Gasteiger partial charge is 0.433 e. The zero-order valence-electron chi connectivity index (χ0n) is 12.9. The van der Waals surface area contributed by atoms with Crippen molar-refractivity contribution in [2.24, 2.45) is 0 Å². The van der Waals surface area contributed by atoms with Crippen molar-refractivity contribution in [3.05, 3.63) is 35.0 Å². The maximum atomic E-state index is 13.0. The third kappa shape index (κ3) is 4.64. The predicted molar refractivity (Wildman–Crippen MR) is 86.8 cm³/mol. The SMILES string of the molecule is CC[C@@H](C)Nc1nc(Nc2ccc(O)cc2Cl)cc(C(F)(F)F)n1. The number of halogens is 4. The molecule has 0 aliphatic heterocycles. The van der Waals surface area contributed by atoms with Crippen LogP contribution in [0.3, 0.4) is 0 Å². The van der Waals surface area contributed by atoms with Crippen LogP contribution in [-0.4, -0.2) is 21.1 Å². The molecule has 0 saturated carbocycles. The van der Waals surface area contributed by atoms with E-state index in [1.807, 2.05) is 13.8 Å². The molecule has 1 heterocycles. The van der Waals surface area contributed by atoms with E-state index < -0.39 is 11.9 Å². The van der Waals surface area contributed by atoms with Gasteiger partial charge in [0, 0.05) is 18.2 Å². The van der Waals surface area contributed by atoms with Gasteiger partial charge in [-0.25, -0.2) is 4.98 Å². The van der Waals surface area contributed by atoms with Crippen LogP contribution in [-0.2, 0) is 6.18 Å². The van der Waals surface area contributed by atoms with Crippen LogP contribution in [0.2, 0.25) is 5.02 Å². The van der Waals surface area contributed by atoms with E-state index in [1.54, 1.807) is 0 Å². The summed E-state index contributed by atoms with van der Waals surface area (Å²) in [5.74, 6) is -0.240. The monoisotopic (exact) mass is 360 g/mol. The lowest BCUT2D eigenvalue weighted by Crippen LogP contribution is -2.18. The number of aromatic nitrogens is 2. The molecule has 3 N–H and O–H groups in total. The largest absolute Gasteiger partial charge is 0.508 e. The summed E-state index contributed by atoms with van der Waals surface area (Å²) in [7, 11) is 0. The molecule has 9 heteroatoms. The van der Waals surface area contributed by atoms with Gasteiger partial charge in [-0.1, -0.05) is 18.5 Å². The molecular formula is C15H16ClF3N4O. The van der Waals surface area contributed by atoms with Gasteiger partial charge in [-0.05, 0) is 25.5 Å². The Hall–Kier alpha value is -2.22. The third-order valence-corrected chi connectivity index (χ3v) is 3.53. The second kappa shape index (κ2) is 7.12. The minimum absolute atomic E-state index is 0.0525. The lowest BCUT2D eigenvalue weighted by Gasteiger charge is -2.16. The second-order valence-electron chi connectivity index (χ2n) is 5.20. The van der Waals surface area contributed by atoms with Crippen molar-refractivity contribution in [3.8, 4) is 5.75 Å². The molecule has 24 heavy (non-hydrogen) atoms. The van der Waals surface area contributed by atoms with Crippen LogP contribution in [0.4, 0.5) is 30.6 Å². The number of hydrogen-bond acceptors (Lipinski definition) is 5. The van der Waals surface area contributed by atoms with Crippen LogP contribution in [0.25, 0.3) is 0 Å². The van der Waals surface area contributed by atoms with Gasteiger partial charge in [0.2, 0.25) is 5.95 Å². The third-order valence-electron chi connectivity index (χ3n) is 3.22. The zero-order chi connectivity index (χ0) is 17.9. The Morgan fingerprint density at radius 3 is 2.54 bits per heavy atom. The van der Waals surface area contributed by atoms with Gasteiger partial charge in [-0.3, -0.25) is 0 Å². The molecule has 0 radical (unpaired) electrons. The Labute approximate surface area is 141 Å². The fourth-order valence-electron chi connectivity index (χ4n) is 1.79. The molecule has 5 nitrogen and oxygen atoms in total. The standard InChI is InChI=1S/C15H16ClF3N4O/c1-3-8(2)20-14-22-12(15(17,18)19)7-13(23-14)21-11-5-4-9(24)6-10(11)16/h4-8,24H,3H2,1-2H3,(H2,20,21,22,23)/t8-/m1/s1. The number of hydrogen-bond donors (Lipinski definition) is 3. The normalized spacial score (nSPS) is 12.8. The molecule has 0 unspecified atom stereocenters. The maximum Gasteiger partial charge on any atom is 0.433 e. The summed E-state index contributed by atoms with van der Waals surface area (Å²) in [5.41, 5.74) is -0.753. The lowest BCUT2D eigenvalue weighted by molar-refractivity contribution is -0.141. The number of rotatable bonds is 5. The van der Waals surface area contributed by atoms with Crippen LogP contribution in [0.1, 0.15) is 26.0 Å². The van der Waals surface area contributed by atoms with Crippen LogP contribution in [0, 0.1) is 0 Å². The van der Waals surface area contributed by atoms with Crippen molar-refractivity contribution in [1.29, 1.82) is 0 Å². The molecule has 0 aliphatic rings. The van der Waals surface area contributed by atoms with Crippen molar-refractivity contribution >= 4 is 29.1 Å². The van der Waals surface area contributed by atoms with E-state index in [2.05, 4.69) is 20.6 Å². The summed E-state index contributed by atoms with van der Waals surface area (Å²) in [6, 6.07) is 4.78. The molecule has 0 saturated heterocycles. The van der Waals surface area contributed by atoms with Crippen LogP contribution in [0.5, 0.6) is 5.75 Å². The van der Waals surface area contributed by atoms with Crippen molar-refractivity contribution in [1.82, 2.24) is 9.97 Å². The van der Waals surface area contributed by atoms with Crippen molar-refractivity contribution in [3.63, 3.8) is 0 Å². The molecule has 0 spiro atoms. The molecule has 1 aromatic heterocycles. The van der Waals surface area contributed by atoms with Crippen LogP contribution < -0.4 is 10.6 Å². The molecule has 0 bridgehead atoms. The molecule has 1 aromatic carbocycles. The van der Waals surface area contributed by atoms with Gasteiger partial charge in [0.15, 0.2) is 5.69 Å². The van der Waals surface area contributed by atoms with E-state index in [0.717, 1.165) is 6.07 Å². The molecule has 2 aromatic rings. The topological polar surface area (TPSA) is 70.1 Å². The van der Waals surface area contributed by atoms with E-state index in [-0.39, 0.29) is 28.6 Å². The fourth-order valence-corrected chi connectivity index (χ4v) is 2.01. The van der Waals surface area contributed by atoms with E-state index in [9.17, 15) is 18.3 Å². The van der Waals surface area contributed by atoms with E-state index >= 15 is 0 Å². The fraction of sp³-hybridized carbons (Fsp3) is 0.333. The Kier molecular flexibility index (Phi) is 5.38. The quantitative estimate of drug-likeness (QED) is 0.667. The predicted octanol–water partition coefficient (Wildman–Crippen LogP) is 4.81. The minimum atomic E-state index is -4.61. The number of alkyl halides is 3. The lowest BCUT2D eigenvalue weighted by atomic mass is 10.2. The zero-order valence-corrected chi connectivity index (χ0v) is 13.7. The number of anilines is 3. The number of phenols is 1. The first-order valence-corrected chi connectivity index (χ1v) is 7.55. The van der Waals surface area contributed by atoms with Gasteiger partial charge in [0.1, 0.15) is 11.6 Å². The van der Waals surface area contributed by atoms with Gasteiger partial charge in [0.25, 0.3) is 0 Å². The second-order valence-corrected chi connectivity index (χ2v) is 5.61. The minimum Gasteiger partial charge on any atom is -0.508 e. The summed E-state index contributed by atoms with van der Waals surface area (Å²) >= 11 is 5.95. The molecule has 130 valence electrons. The van der Waals surface area contributed by atoms with Gasteiger partial charge in [-0.2, -0.15) is 18.2 Å². The van der Waals surface area contributed by atoms with Crippen LogP contribution >= 0.6 is 11.6 Å². The molecule has 2 rings (SSSR count). The Balaban J connectivity index is 2.38. The van der Waals surface area contributed by atoms with E-state index in [0.29, 0.717) is 12.1 Å². The molecular weight excluding hydrogens is 345 g/mol. The number of aromatic hydroxyl groups is 1. The Bertz CT molecular complexity index is 724. The molecule has 1 atom stereocenters. The maximum absolute atomic E-state index is 13.0. The first-order valence-electron chi connectivity index (χ1n) is 7.17. The summed E-state index contributed by atoms with van der Waals surface area (Å²) in [6.45, 7) is 3.70. The van der Waals surface area contributed by atoms with Gasteiger partial charge < -0.3 is 15.7 Å². The average Bonchev–Trinajstić information content (AvgIpc) is 2.49. The highest BCUT2D eigenvalue weighted by atomic mass is 35.5. The van der Waals surface area contributed by atoms with Gasteiger partial charge in [-0.15, -0.1) is 0 Å². The first kappa shape index (κ1) is 18.1. The number of phenolic OH excluding ortho intramolecular Hbond substituents is 1. The molecule has 0 amide bonds. The summed E-state index contributed by atoms with van der Waals surface area (Å²) in [4.78, 5) is 7.55. The number of nitrogens with one attached hydrogen (secondary N) is 2. The number of benzene rings is 1. The van der Waals surface area contributed by atoms with E-state index in [4.69, 9.17) is 11.6 Å². The highest BCUT2D eigenvalue weighted by Crippen LogP contribution is 2.32.